The SMILES string of the molecule is Nc1ccc(C(=O)NC2CCN(C(=O)O)CC2)cc1F. The van der Waals surface area contributed by atoms with Crippen LogP contribution in [0.2, 0.25) is 0 Å². The zero-order valence-electron chi connectivity index (χ0n) is 10.8. The lowest BCUT2D eigenvalue weighted by Gasteiger charge is -2.30. The van der Waals surface area contributed by atoms with E-state index in [1.165, 1.54) is 17.0 Å². The molecule has 2 rings (SSSR count). The summed E-state index contributed by atoms with van der Waals surface area (Å²) < 4.78 is 13.3. The minimum Gasteiger partial charge on any atom is -0.465 e. The molecule has 0 bridgehead atoms. The summed E-state index contributed by atoms with van der Waals surface area (Å²) in [6.07, 6.45) is 0.153. The van der Waals surface area contributed by atoms with Crippen LogP contribution in [0.3, 0.4) is 0 Å². The molecule has 1 fully saturated rings. The molecule has 20 heavy (non-hydrogen) atoms. The lowest BCUT2D eigenvalue weighted by atomic mass is 10.0. The molecule has 0 spiro atoms. The highest BCUT2D eigenvalue weighted by atomic mass is 19.1. The molecule has 0 radical (unpaired) electrons. The van der Waals surface area contributed by atoms with Gasteiger partial charge in [-0.3, -0.25) is 4.79 Å². The van der Waals surface area contributed by atoms with E-state index in [2.05, 4.69) is 5.32 Å². The minimum atomic E-state index is -0.949. The van der Waals surface area contributed by atoms with Crippen LogP contribution in [0.15, 0.2) is 18.2 Å². The second-order valence-electron chi connectivity index (χ2n) is 4.75. The van der Waals surface area contributed by atoms with E-state index in [-0.39, 0.29) is 23.2 Å². The van der Waals surface area contributed by atoms with Crippen molar-refractivity contribution in [3.8, 4) is 0 Å². The monoisotopic (exact) mass is 281 g/mol. The van der Waals surface area contributed by atoms with E-state index < -0.39 is 11.9 Å². The van der Waals surface area contributed by atoms with E-state index in [1.54, 1.807) is 0 Å². The Bertz CT molecular complexity index is 528. The molecule has 0 aliphatic carbocycles. The van der Waals surface area contributed by atoms with Gasteiger partial charge in [-0.25, -0.2) is 9.18 Å². The number of carbonyl (C=O) groups excluding carboxylic acids is 1. The number of carbonyl (C=O) groups is 2. The van der Waals surface area contributed by atoms with Gasteiger partial charge in [0.2, 0.25) is 0 Å². The Morgan fingerprint density at radius 2 is 2.00 bits per heavy atom. The molecule has 108 valence electrons. The van der Waals surface area contributed by atoms with Crippen molar-refractivity contribution in [1.29, 1.82) is 0 Å². The lowest BCUT2D eigenvalue weighted by Crippen LogP contribution is -2.46. The maximum absolute atomic E-state index is 13.3. The third kappa shape index (κ3) is 3.17. The van der Waals surface area contributed by atoms with Crippen molar-refractivity contribution in [2.45, 2.75) is 18.9 Å². The number of likely N-dealkylation sites (tertiary alicyclic amines) is 1. The summed E-state index contributed by atoms with van der Waals surface area (Å²) in [5.41, 5.74) is 5.55. The number of halogens is 1. The second kappa shape index (κ2) is 5.77. The van der Waals surface area contributed by atoms with E-state index in [4.69, 9.17) is 10.8 Å². The normalized spacial score (nSPS) is 15.9. The van der Waals surface area contributed by atoms with Crippen LogP contribution < -0.4 is 11.1 Å². The van der Waals surface area contributed by atoms with Gasteiger partial charge in [-0.2, -0.15) is 0 Å². The first-order valence-corrected chi connectivity index (χ1v) is 6.31. The number of benzene rings is 1. The van der Waals surface area contributed by atoms with E-state index >= 15 is 0 Å². The Balaban J connectivity index is 1.92. The standard InChI is InChI=1S/C13H16FN3O3/c14-10-7-8(1-2-11(10)15)12(18)16-9-3-5-17(6-4-9)13(19)20/h1-2,7,9H,3-6,15H2,(H,16,18)(H,19,20). The molecule has 1 aliphatic rings. The molecule has 1 aromatic rings. The molecule has 4 N–H and O–H groups in total. The number of nitrogens with two attached hydrogens (primary N) is 1. The molecule has 0 unspecified atom stereocenters. The first-order valence-electron chi connectivity index (χ1n) is 6.31. The molecule has 0 saturated carbocycles. The number of nitrogens with zero attached hydrogens (tertiary/aromatic N) is 1. The third-order valence-electron chi connectivity index (χ3n) is 3.36. The van der Waals surface area contributed by atoms with Gasteiger partial charge < -0.3 is 21.1 Å². The second-order valence-corrected chi connectivity index (χ2v) is 4.75. The van der Waals surface area contributed by atoms with Crippen molar-refractivity contribution in [2.24, 2.45) is 0 Å². The predicted molar refractivity (Wildman–Crippen MR) is 70.9 cm³/mol. The number of nitrogen functional groups attached to an aromatic ring is 1. The van der Waals surface area contributed by atoms with Crippen molar-refractivity contribution in [3.63, 3.8) is 0 Å². The van der Waals surface area contributed by atoms with Gasteiger partial charge in [0.05, 0.1) is 5.69 Å². The zero-order chi connectivity index (χ0) is 14.7. The summed E-state index contributed by atoms with van der Waals surface area (Å²) in [6.45, 7) is 0.771. The summed E-state index contributed by atoms with van der Waals surface area (Å²) in [6, 6.07) is 3.80. The molecule has 6 nitrogen and oxygen atoms in total. The molecule has 7 heteroatoms. The topological polar surface area (TPSA) is 95.7 Å². The number of amides is 2. The maximum Gasteiger partial charge on any atom is 0.407 e. The van der Waals surface area contributed by atoms with Gasteiger partial charge in [0.25, 0.3) is 5.91 Å². The Labute approximate surface area is 115 Å². The first kappa shape index (κ1) is 14.1. The molecule has 2 amide bonds. The molecule has 0 aromatic heterocycles. The van der Waals surface area contributed by atoms with Gasteiger partial charge in [-0.05, 0) is 31.0 Å². The summed E-state index contributed by atoms with van der Waals surface area (Å²) >= 11 is 0. The highest BCUT2D eigenvalue weighted by Crippen LogP contribution is 2.14. The van der Waals surface area contributed by atoms with Crippen molar-refractivity contribution in [1.82, 2.24) is 10.2 Å². The van der Waals surface area contributed by atoms with Gasteiger partial charge in [0.1, 0.15) is 5.82 Å². The quantitative estimate of drug-likeness (QED) is 0.711. The van der Waals surface area contributed by atoms with Crippen LogP contribution >= 0.6 is 0 Å². The smallest absolute Gasteiger partial charge is 0.407 e. The number of hydrogen-bond donors (Lipinski definition) is 3. The van der Waals surface area contributed by atoms with E-state index in [1.807, 2.05) is 0 Å². The van der Waals surface area contributed by atoms with Crippen LogP contribution in [0.1, 0.15) is 23.2 Å². The largest absolute Gasteiger partial charge is 0.465 e. The summed E-state index contributed by atoms with van der Waals surface area (Å²) in [7, 11) is 0. The van der Waals surface area contributed by atoms with Crippen LogP contribution in [0.25, 0.3) is 0 Å². The molecule has 1 aromatic carbocycles. The molecule has 1 heterocycles. The van der Waals surface area contributed by atoms with Crippen LogP contribution in [0, 0.1) is 5.82 Å². The van der Waals surface area contributed by atoms with Crippen molar-refractivity contribution >= 4 is 17.7 Å². The van der Waals surface area contributed by atoms with Gasteiger partial charge in [-0.1, -0.05) is 0 Å². The van der Waals surface area contributed by atoms with E-state index in [0.29, 0.717) is 25.9 Å². The van der Waals surface area contributed by atoms with Gasteiger partial charge in [-0.15, -0.1) is 0 Å². The Morgan fingerprint density at radius 1 is 1.35 bits per heavy atom. The molecular formula is C13H16FN3O3. The third-order valence-corrected chi connectivity index (χ3v) is 3.36. The van der Waals surface area contributed by atoms with Crippen molar-refractivity contribution < 1.29 is 19.1 Å². The van der Waals surface area contributed by atoms with Gasteiger partial charge >= 0.3 is 6.09 Å². The molecular weight excluding hydrogens is 265 g/mol. The minimum absolute atomic E-state index is 0.00341. The first-order chi connectivity index (χ1) is 9.47. The highest BCUT2D eigenvalue weighted by molar-refractivity contribution is 5.94. The molecule has 1 saturated heterocycles. The summed E-state index contributed by atoms with van der Waals surface area (Å²) in [5.74, 6) is -1.00. The molecule has 0 atom stereocenters. The van der Waals surface area contributed by atoms with Crippen LogP contribution in [-0.2, 0) is 0 Å². The number of carboxylic acid groups (broad SMARTS) is 1. The fourth-order valence-electron chi connectivity index (χ4n) is 2.15. The summed E-state index contributed by atoms with van der Waals surface area (Å²) in [5, 5.41) is 11.6. The fraction of sp³-hybridized carbons (Fsp3) is 0.385. The van der Waals surface area contributed by atoms with E-state index in [9.17, 15) is 14.0 Å². The summed E-state index contributed by atoms with van der Waals surface area (Å²) in [4.78, 5) is 24.0. The van der Waals surface area contributed by atoms with Crippen molar-refractivity contribution in [3.05, 3.63) is 29.6 Å². The van der Waals surface area contributed by atoms with Crippen LogP contribution in [0.5, 0.6) is 0 Å². The number of anilines is 1. The average molecular weight is 281 g/mol. The highest BCUT2D eigenvalue weighted by Gasteiger charge is 2.23. The fourth-order valence-corrected chi connectivity index (χ4v) is 2.15. The van der Waals surface area contributed by atoms with Gasteiger partial charge in [0, 0.05) is 24.7 Å². The predicted octanol–water partition coefficient (Wildman–Crippen LogP) is 1.28. The Kier molecular flexibility index (Phi) is 4.07. The average Bonchev–Trinajstić information content (AvgIpc) is 2.42. The Hall–Kier alpha value is -2.31. The van der Waals surface area contributed by atoms with Crippen LogP contribution in [-0.4, -0.2) is 41.1 Å². The van der Waals surface area contributed by atoms with Crippen LogP contribution in [0.4, 0.5) is 14.9 Å². The maximum atomic E-state index is 13.3. The number of piperidine rings is 1. The number of hydrogen-bond acceptors (Lipinski definition) is 3. The number of rotatable bonds is 2. The molecule has 1 aliphatic heterocycles. The lowest BCUT2D eigenvalue weighted by molar-refractivity contribution is 0.0907. The zero-order valence-corrected chi connectivity index (χ0v) is 10.8. The van der Waals surface area contributed by atoms with Crippen molar-refractivity contribution in [2.75, 3.05) is 18.8 Å². The number of nitrogens with one attached hydrogen (secondary N) is 1. The van der Waals surface area contributed by atoms with E-state index in [0.717, 1.165) is 6.07 Å². The van der Waals surface area contributed by atoms with Gasteiger partial charge in [0.15, 0.2) is 0 Å². The Morgan fingerprint density at radius 3 is 2.55 bits per heavy atom.